The Hall–Kier alpha value is -3.12. The number of amides is 1. The van der Waals surface area contributed by atoms with E-state index in [1.54, 1.807) is 15.9 Å². The van der Waals surface area contributed by atoms with Crippen molar-refractivity contribution in [2.45, 2.75) is 63.2 Å². The van der Waals surface area contributed by atoms with Gasteiger partial charge in [-0.15, -0.1) is 0 Å². The first-order chi connectivity index (χ1) is 19.9. The third-order valence-electron chi connectivity index (χ3n) is 7.93. The first kappa shape index (κ1) is 30.3. The summed E-state index contributed by atoms with van der Waals surface area (Å²) in [5, 5.41) is 8.99. The summed E-state index contributed by atoms with van der Waals surface area (Å²) < 4.78 is 35.3. The Balaban J connectivity index is 1.39. The highest BCUT2D eigenvalue weighted by Crippen LogP contribution is 2.37. The molecule has 3 heterocycles. The number of carbonyl (C=O) groups excluding carboxylic acids is 1. The molecular weight excluding hydrogens is 599 g/mol. The van der Waals surface area contributed by atoms with Gasteiger partial charge in [0.25, 0.3) is 0 Å². The second kappa shape index (κ2) is 11.9. The summed E-state index contributed by atoms with van der Waals surface area (Å²) in [6, 6.07) is 11.1. The lowest BCUT2D eigenvalue weighted by atomic mass is 10.1. The molecule has 0 aliphatic carbocycles. The molecule has 3 N–H and O–H groups in total. The first-order valence-corrected chi connectivity index (χ1v) is 16.0. The normalized spacial score (nSPS) is 21.6. The van der Waals surface area contributed by atoms with Gasteiger partial charge in [-0.25, -0.2) is 13.4 Å². The second-order valence-corrected chi connectivity index (χ2v) is 13.6. The van der Waals surface area contributed by atoms with Crippen LogP contribution in [-0.4, -0.2) is 77.1 Å². The molecule has 2 aromatic carbocycles. The number of piperazine rings is 1. The molecule has 224 valence electrons. The molecule has 0 saturated carbocycles. The van der Waals surface area contributed by atoms with Gasteiger partial charge in [-0.1, -0.05) is 41.4 Å². The van der Waals surface area contributed by atoms with Gasteiger partial charge < -0.3 is 20.3 Å². The summed E-state index contributed by atoms with van der Waals surface area (Å²) >= 11 is 13.2. The number of nitrogens with two attached hydrogens (primary N) is 1. The Morgan fingerprint density at radius 2 is 1.83 bits per heavy atom. The number of halogens is 2. The molecule has 1 aromatic heterocycles. The molecule has 0 spiro atoms. The minimum absolute atomic E-state index is 0.0395. The topological polar surface area (TPSA) is 133 Å². The standard InChI is InChI=1S/C29H34Cl2N6O4S/c1-17-9-10-20-6-4-8-24(27(20)34-17)41-16-21-22(30)11-12-25(26(21)31)42(39,40)36-13-5-7-23(36)28(38)35-14-18(2)37(29(32)33)19(3)15-35/h4,6,8-12,18-19,23H,5,7,13-16H2,1-3H3,(H3,32,33). The number of aryl methyl sites for hydroxylation is 1. The lowest BCUT2D eigenvalue weighted by Crippen LogP contribution is -2.63. The fourth-order valence-corrected chi connectivity index (χ4v) is 8.50. The fraction of sp³-hybridized carbons (Fsp3) is 0.414. The van der Waals surface area contributed by atoms with E-state index in [0.29, 0.717) is 42.8 Å². The van der Waals surface area contributed by atoms with Gasteiger partial charge in [-0.3, -0.25) is 10.2 Å². The maximum absolute atomic E-state index is 14.0. The quantitative estimate of drug-likeness (QED) is 0.304. The van der Waals surface area contributed by atoms with Crippen molar-refractivity contribution < 1.29 is 17.9 Å². The highest BCUT2D eigenvalue weighted by Gasteiger charge is 2.44. The second-order valence-electron chi connectivity index (χ2n) is 10.9. The molecule has 3 unspecified atom stereocenters. The predicted molar refractivity (Wildman–Crippen MR) is 163 cm³/mol. The number of sulfonamides is 1. The molecule has 5 rings (SSSR count). The Morgan fingerprint density at radius 1 is 1.12 bits per heavy atom. The van der Waals surface area contributed by atoms with E-state index in [2.05, 4.69) is 4.98 Å². The van der Waals surface area contributed by atoms with Crippen molar-refractivity contribution in [2.24, 2.45) is 5.73 Å². The SMILES string of the molecule is Cc1ccc2cccc(OCc3c(Cl)ccc(S(=O)(=O)N4CCCC4C(=O)N4CC(C)N(C(=N)N)C(C)C4)c3Cl)c2n1. The van der Waals surface area contributed by atoms with Crippen LogP contribution in [0, 0.1) is 12.3 Å². The number of nitrogens with one attached hydrogen (secondary N) is 1. The smallest absolute Gasteiger partial charge is 0.245 e. The van der Waals surface area contributed by atoms with Crippen molar-refractivity contribution in [3.8, 4) is 5.75 Å². The van der Waals surface area contributed by atoms with Crippen LogP contribution in [0.4, 0.5) is 0 Å². The molecule has 2 aliphatic heterocycles. The minimum atomic E-state index is -4.15. The van der Waals surface area contributed by atoms with E-state index in [9.17, 15) is 13.2 Å². The monoisotopic (exact) mass is 632 g/mol. The van der Waals surface area contributed by atoms with Gasteiger partial charge >= 0.3 is 0 Å². The summed E-state index contributed by atoms with van der Waals surface area (Å²) in [5.74, 6) is 0.219. The molecule has 2 fully saturated rings. The molecule has 1 amide bonds. The summed E-state index contributed by atoms with van der Waals surface area (Å²) in [6.07, 6.45) is 0.950. The average molecular weight is 634 g/mol. The lowest BCUT2D eigenvalue weighted by Gasteiger charge is -2.45. The highest BCUT2D eigenvalue weighted by atomic mass is 35.5. The van der Waals surface area contributed by atoms with Crippen LogP contribution in [0.15, 0.2) is 47.4 Å². The van der Waals surface area contributed by atoms with E-state index < -0.39 is 16.1 Å². The van der Waals surface area contributed by atoms with Gasteiger partial charge in [-0.05, 0) is 57.9 Å². The number of hydrogen-bond acceptors (Lipinski definition) is 6. The number of pyridine rings is 1. The number of ether oxygens (including phenoxy) is 1. The van der Waals surface area contributed by atoms with Crippen LogP contribution in [-0.2, 0) is 21.4 Å². The third-order valence-corrected chi connectivity index (χ3v) is 10.8. The largest absolute Gasteiger partial charge is 0.487 e. The molecule has 2 aliphatic rings. The molecule has 42 heavy (non-hydrogen) atoms. The lowest BCUT2D eigenvalue weighted by molar-refractivity contribution is -0.137. The zero-order valence-corrected chi connectivity index (χ0v) is 26.0. The summed E-state index contributed by atoms with van der Waals surface area (Å²) in [5.41, 5.74) is 7.58. The molecule has 3 atom stereocenters. The molecular formula is C29H34Cl2N6O4S. The Morgan fingerprint density at radius 3 is 2.52 bits per heavy atom. The molecule has 13 heteroatoms. The maximum atomic E-state index is 14.0. The number of aromatic nitrogens is 1. The zero-order valence-electron chi connectivity index (χ0n) is 23.7. The van der Waals surface area contributed by atoms with E-state index in [-0.39, 0.29) is 52.0 Å². The van der Waals surface area contributed by atoms with Gasteiger partial charge in [0.05, 0.1) is 5.02 Å². The van der Waals surface area contributed by atoms with Crippen molar-refractivity contribution in [3.05, 3.63) is 63.8 Å². The van der Waals surface area contributed by atoms with Gasteiger partial charge in [0.2, 0.25) is 15.9 Å². The molecule has 0 bridgehead atoms. The Kier molecular flexibility index (Phi) is 8.58. The number of benzene rings is 2. The van der Waals surface area contributed by atoms with Crippen LogP contribution in [0.3, 0.4) is 0 Å². The fourth-order valence-electron chi connectivity index (χ4n) is 5.98. The van der Waals surface area contributed by atoms with Crippen molar-refractivity contribution in [1.29, 1.82) is 5.41 Å². The van der Waals surface area contributed by atoms with Crippen molar-refractivity contribution in [3.63, 3.8) is 0 Å². The first-order valence-electron chi connectivity index (χ1n) is 13.8. The van der Waals surface area contributed by atoms with Crippen molar-refractivity contribution in [2.75, 3.05) is 19.6 Å². The van der Waals surface area contributed by atoms with E-state index in [1.165, 1.54) is 16.4 Å². The maximum Gasteiger partial charge on any atom is 0.245 e. The summed E-state index contributed by atoms with van der Waals surface area (Å²) in [4.78, 5) is 21.6. The number of hydrogen-bond donors (Lipinski definition) is 2. The Bertz CT molecular complexity index is 1640. The molecule has 10 nitrogen and oxygen atoms in total. The summed E-state index contributed by atoms with van der Waals surface area (Å²) in [7, 11) is -4.15. The number of para-hydroxylation sites is 1. The highest BCUT2D eigenvalue weighted by molar-refractivity contribution is 7.89. The van der Waals surface area contributed by atoms with Crippen LogP contribution in [0.1, 0.15) is 37.9 Å². The molecule has 3 aromatic rings. The van der Waals surface area contributed by atoms with E-state index >= 15 is 0 Å². The number of carbonyl (C=O) groups is 1. The predicted octanol–water partition coefficient (Wildman–Crippen LogP) is 4.40. The molecule has 2 saturated heterocycles. The number of nitrogens with zero attached hydrogens (tertiary/aromatic N) is 4. The van der Waals surface area contributed by atoms with Crippen LogP contribution in [0.2, 0.25) is 10.0 Å². The van der Waals surface area contributed by atoms with Gasteiger partial charge in [0.1, 0.15) is 28.8 Å². The van der Waals surface area contributed by atoms with Gasteiger partial charge in [0, 0.05) is 53.4 Å². The van der Waals surface area contributed by atoms with Crippen molar-refractivity contribution in [1.82, 2.24) is 19.1 Å². The third kappa shape index (κ3) is 5.62. The van der Waals surface area contributed by atoms with Crippen LogP contribution in [0.5, 0.6) is 5.75 Å². The van der Waals surface area contributed by atoms with Gasteiger partial charge in [0.15, 0.2) is 5.96 Å². The van der Waals surface area contributed by atoms with Crippen molar-refractivity contribution >= 4 is 56.0 Å². The van der Waals surface area contributed by atoms with E-state index in [0.717, 1.165) is 11.1 Å². The van der Waals surface area contributed by atoms with Crippen LogP contribution >= 0.6 is 23.2 Å². The van der Waals surface area contributed by atoms with E-state index in [1.807, 2.05) is 45.0 Å². The van der Waals surface area contributed by atoms with E-state index in [4.69, 9.17) is 39.1 Å². The number of guanidine groups is 1. The average Bonchev–Trinajstić information content (AvgIpc) is 3.43. The zero-order chi connectivity index (χ0) is 30.3. The van der Waals surface area contributed by atoms with Gasteiger partial charge in [-0.2, -0.15) is 4.31 Å². The minimum Gasteiger partial charge on any atom is -0.487 e. The molecule has 0 radical (unpaired) electrons. The number of rotatable bonds is 6. The summed E-state index contributed by atoms with van der Waals surface area (Å²) in [6.45, 7) is 6.50. The van der Waals surface area contributed by atoms with Crippen LogP contribution < -0.4 is 10.5 Å². The van der Waals surface area contributed by atoms with Crippen LogP contribution in [0.25, 0.3) is 10.9 Å². The Labute approximate surface area is 255 Å². The number of fused-ring (bicyclic) bond motifs is 1.